The SMILES string of the molecule is O=C(O)[C@H]1O[C@@H](Oc2c(F)ccc(-c3nnc(CN4C(=O)N([C@@H](c5ccccc5)C(F)(F)F)C(=O)C45CC5)s3)c2Cl)[C@H](O)[C@@H](O)[C@@H]1O. The molecule has 19 heteroatoms. The van der Waals surface area contributed by atoms with Crippen LogP contribution in [0.3, 0.4) is 0 Å². The minimum absolute atomic E-state index is 0.0142. The van der Waals surface area contributed by atoms with E-state index in [0.29, 0.717) is 0 Å². The fourth-order valence-electron chi connectivity index (χ4n) is 5.54. The second-order valence-electron chi connectivity index (χ2n) is 11.0. The van der Waals surface area contributed by atoms with E-state index >= 15 is 0 Å². The standard InChI is InChI=1S/C28H23ClF4N4O9S/c29-15-12(6-7-13(30)19(15)45-24-18(40)16(38)17(39)20(46-24)23(41)42)22-35-34-14(47-22)10-36-26(44)37(25(43)27(36)8-9-27)21(28(31,32)33)11-4-2-1-3-5-11/h1-7,16-18,20-21,24,38-40H,8-10H2,(H,41,42)/t16-,17-,18+,20-,21-,24+/m0/s1. The molecule has 0 radical (unpaired) electrons. The fraction of sp³-hybridized carbons (Fsp3) is 0.393. The van der Waals surface area contributed by atoms with Crippen molar-refractivity contribution < 1.29 is 61.8 Å². The number of hydrogen-bond donors (Lipinski definition) is 4. The average molecular weight is 703 g/mol. The van der Waals surface area contributed by atoms with E-state index in [1.54, 1.807) is 0 Å². The molecular formula is C28H23ClF4N4O9S. The third-order valence-electron chi connectivity index (χ3n) is 8.06. The topological polar surface area (TPSA) is 183 Å². The molecule has 250 valence electrons. The average Bonchev–Trinajstić information content (AvgIpc) is 3.65. The van der Waals surface area contributed by atoms with Gasteiger partial charge in [-0.3, -0.25) is 4.79 Å². The van der Waals surface area contributed by atoms with Crippen LogP contribution < -0.4 is 4.74 Å². The first-order chi connectivity index (χ1) is 22.2. The van der Waals surface area contributed by atoms with Crippen molar-refractivity contribution in [3.8, 4) is 16.3 Å². The van der Waals surface area contributed by atoms with E-state index in [4.69, 9.17) is 21.1 Å². The smallest absolute Gasteiger partial charge is 0.413 e. The molecule has 3 amide bonds. The van der Waals surface area contributed by atoms with E-state index in [-0.39, 0.29) is 45.4 Å². The van der Waals surface area contributed by atoms with Crippen molar-refractivity contribution in [2.75, 3.05) is 0 Å². The molecule has 13 nitrogen and oxygen atoms in total. The molecular weight excluding hydrogens is 680 g/mol. The molecule has 2 aromatic carbocycles. The van der Waals surface area contributed by atoms with Gasteiger partial charge >= 0.3 is 18.2 Å². The van der Waals surface area contributed by atoms with Gasteiger partial charge in [0.1, 0.15) is 33.9 Å². The number of ether oxygens (including phenoxy) is 2. The molecule has 4 N–H and O–H groups in total. The van der Waals surface area contributed by atoms with E-state index in [1.165, 1.54) is 36.4 Å². The Balaban J connectivity index is 1.25. The summed E-state index contributed by atoms with van der Waals surface area (Å²) in [5, 5.41) is 47.1. The number of aliphatic hydroxyl groups excluding tert-OH is 3. The van der Waals surface area contributed by atoms with Gasteiger partial charge in [0.2, 0.25) is 6.29 Å². The van der Waals surface area contributed by atoms with E-state index in [2.05, 4.69) is 10.2 Å². The number of carboxylic acids is 1. The van der Waals surface area contributed by atoms with E-state index in [0.717, 1.165) is 22.3 Å². The fourth-order valence-corrected chi connectivity index (χ4v) is 6.74. The molecule has 1 aromatic heterocycles. The van der Waals surface area contributed by atoms with Crippen LogP contribution >= 0.6 is 22.9 Å². The normalized spacial score (nSPS) is 26.2. The Kier molecular flexibility index (Phi) is 8.38. The second-order valence-corrected chi connectivity index (χ2v) is 12.5. The van der Waals surface area contributed by atoms with Crippen molar-refractivity contribution in [2.45, 2.75) is 67.8 Å². The van der Waals surface area contributed by atoms with Crippen molar-refractivity contribution in [2.24, 2.45) is 0 Å². The second kappa shape index (κ2) is 11.9. The van der Waals surface area contributed by atoms with Gasteiger partial charge in [-0.15, -0.1) is 10.2 Å². The molecule has 1 saturated carbocycles. The quantitative estimate of drug-likeness (QED) is 0.200. The zero-order chi connectivity index (χ0) is 34.0. The number of benzene rings is 2. The van der Waals surface area contributed by atoms with Gasteiger partial charge < -0.3 is 34.8 Å². The number of amides is 3. The summed E-state index contributed by atoms with van der Waals surface area (Å²) in [5.74, 6) is -4.48. The molecule has 6 atom stereocenters. The molecule has 0 unspecified atom stereocenters. The molecule has 3 aliphatic rings. The third kappa shape index (κ3) is 5.67. The predicted molar refractivity (Wildman–Crippen MR) is 150 cm³/mol. The lowest BCUT2D eigenvalue weighted by molar-refractivity contribution is -0.271. The van der Waals surface area contributed by atoms with Crippen LogP contribution in [0.2, 0.25) is 5.02 Å². The van der Waals surface area contributed by atoms with Crippen LogP contribution in [0.15, 0.2) is 42.5 Å². The van der Waals surface area contributed by atoms with Crippen LogP contribution in [0.25, 0.3) is 10.6 Å². The zero-order valence-electron chi connectivity index (χ0n) is 23.5. The number of urea groups is 1. The molecule has 1 spiro atoms. The van der Waals surface area contributed by atoms with Crippen molar-refractivity contribution >= 4 is 40.8 Å². The van der Waals surface area contributed by atoms with Crippen molar-refractivity contribution in [3.05, 3.63) is 63.9 Å². The Labute approximate surface area is 270 Å². The molecule has 3 heterocycles. The first-order valence-electron chi connectivity index (χ1n) is 13.8. The summed E-state index contributed by atoms with van der Waals surface area (Å²) in [5.41, 5.74) is -1.74. The van der Waals surface area contributed by atoms with Crippen LogP contribution in [0.5, 0.6) is 5.75 Å². The summed E-state index contributed by atoms with van der Waals surface area (Å²) < 4.78 is 68.0. The number of rotatable bonds is 8. The lowest BCUT2D eigenvalue weighted by Crippen LogP contribution is -2.61. The number of nitrogens with zero attached hydrogens (tertiary/aromatic N) is 4. The van der Waals surface area contributed by atoms with Gasteiger partial charge in [0.15, 0.2) is 23.7 Å². The number of carbonyl (C=O) groups excluding carboxylic acids is 2. The highest BCUT2D eigenvalue weighted by Crippen LogP contribution is 2.53. The van der Waals surface area contributed by atoms with Gasteiger partial charge in [-0.1, -0.05) is 53.3 Å². The Hall–Kier alpha value is -3.94. The summed E-state index contributed by atoms with van der Waals surface area (Å²) in [7, 11) is 0. The Morgan fingerprint density at radius 1 is 1.09 bits per heavy atom. The molecule has 3 fully saturated rings. The van der Waals surface area contributed by atoms with Crippen LogP contribution in [0.4, 0.5) is 22.4 Å². The highest BCUT2D eigenvalue weighted by molar-refractivity contribution is 7.14. The van der Waals surface area contributed by atoms with Gasteiger partial charge in [0.25, 0.3) is 5.91 Å². The number of carboxylic acid groups (broad SMARTS) is 1. The molecule has 0 bridgehead atoms. The van der Waals surface area contributed by atoms with E-state index in [9.17, 15) is 52.4 Å². The summed E-state index contributed by atoms with van der Waals surface area (Å²) >= 11 is 7.23. The van der Waals surface area contributed by atoms with Gasteiger partial charge in [-0.2, -0.15) is 13.2 Å². The summed E-state index contributed by atoms with van der Waals surface area (Å²) in [6, 6.07) is 5.04. The van der Waals surface area contributed by atoms with Crippen molar-refractivity contribution in [3.63, 3.8) is 0 Å². The molecule has 47 heavy (non-hydrogen) atoms. The Morgan fingerprint density at radius 2 is 1.77 bits per heavy atom. The number of hydrogen-bond acceptors (Lipinski definition) is 11. The summed E-state index contributed by atoms with van der Waals surface area (Å²) in [4.78, 5) is 39.5. The number of aromatic nitrogens is 2. The minimum Gasteiger partial charge on any atom is -0.479 e. The van der Waals surface area contributed by atoms with Crippen LogP contribution in [-0.4, -0.2) is 101 Å². The molecule has 2 aliphatic heterocycles. The first-order valence-corrected chi connectivity index (χ1v) is 15.0. The lowest BCUT2D eigenvalue weighted by Gasteiger charge is -2.38. The lowest BCUT2D eigenvalue weighted by atomic mass is 9.99. The molecule has 6 rings (SSSR count). The Bertz CT molecular complexity index is 1730. The van der Waals surface area contributed by atoms with Crippen molar-refractivity contribution in [1.82, 2.24) is 20.0 Å². The highest BCUT2D eigenvalue weighted by Gasteiger charge is 2.68. The van der Waals surface area contributed by atoms with Crippen molar-refractivity contribution in [1.29, 1.82) is 0 Å². The first kappa shape index (κ1) is 33.0. The number of aliphatic hydroxyl groups is 3. The largest absolute Gasteiger partial charge is 0.479 e. The minimum atomic E-state index is -4.96. The maximum absolute atomic E-state index is 14.8. The highest BCUT2D eigenvalue weighted by atomic mass is 35.5. The van der Waals surface area contributed by atoms with Gasteiger partial charge in [0, 0.05) is 5.56 Å². The number of aliphatic carboxylic acids is 1. The number of alkyl halides is 3. The zero-order valence-corrected chi connectivity index (χ0v) is 25.1. The van der Waals surface area contributed by atoms with Gasteiger partial charge in [-0.25, -0.2) is 18.9 Å². The number of imide groups is 1. The van der Waals surface area contributed by atoms with Crippen LogP contribution in [-0.2, 0) is 20.9 Å². The van der Waals surface area contributed by atoms with Crippen LogP contribution in [0, 0.1) is 5.82 Å². The summed E-state index contributed by atoms with van der Waals surface area (Å²) in [6.07, 6.45) is -14.7. The number of carbonyl (C=O) groups is 3. The van der Waals surface area contributed by atoms with Crippen LogP contribution in [0.1, 0.15) is 29.5 Å². The number of halogens is 5. The maximum atomic E-state index is 14.8. The van der Waals surface area contributed by atoms with Gasteiger partial charge in [0.05, 0.1) is 11.6 Å². The molecule has 3 aromatic rings. The predicted octanol–water partition coefficient (Wildman–Crippen LogP) is 2.87. The third-order valence-corrected chi connectivity index (χ3v) is 9.38. The molecule has 1 aliphatic carbocycles. The molecule has 2 saturated heterocycles. The monoisotopic (exact) mass is 702 g/mol. The Morgan fingerprint density at radius 3 is 2.38 bits per heavy atom. The van der Waals surface area contributed by atoms with Gasteiger partial charge in [-0.05, 0) is 30.5 Å². The van der Waals surface area contributed by atoms with E-state index in [1.807, 2.05) is 0 Å². The summed E-state index contributed by atoms with van der Waals surface area (Å²) in [6.45, 7) is -0.376. The van der Waals surface area contributed by atoms with E-state index < -0.39 is 83.0 Å². The maximum Gasteiger partial charge on any atom is 0.413 e.